The fourth-order valence-corrected chi connectivity index (χ4v) is 2.03. The Morgan fingerprint density at radius 2 is 2.14 bits per heavy atom. The Labute approximate surface area is 118 Å². The number of hydrogen-bond donors (Lipinski definition) is 1. The molecule has 0 saturated carbocycles. The lowest BCUT2D eigenvalue weighted by Gasteiger charge is -2.01. The molecule has 0 aliphatic carbocycles. The molecule has 106 valence electrons. The van der Waals surface area contributed by atoms with Gasteiger partial charge in [-0.25, -0.2) is 14.2 Å². The van der Waals surface area contributed by atoms with Gasteiger partial charge in [0.15, 0.2) is 5.58 Å². The summed E-state index contributed by atoms with van der Waals surface area (Å²) in [5, 5.41) is 9.11. The molecular formula is C15H10FNO4. The molecule has 0 atom stereocenters. The van der Waals surface area contributed by atoms with Gasteiger partial charge in [-0.3, -0.25) is 0 Å². The number of carbonyl (C=O) groups is 1. The first-order valence-corrected chi connectivity index (χ1v) is 6.07. The highest BCUT2D eigenvalue weighted by Crippen LogP contribution is 2.29. The van der Waals surface area contributed by atoms with Crippen LogP contribution in [0.15, 0.2) is 40.8 Å². The Balaban J connectivity index is 2.18. The molecule has 5 nitrogen and oxygen atoms in total. The summed E-state index contributed by atoms with van der Waals surface area (Å²) in [4.78, 5) is 15.2. The van der Waals surface area contributed by atoms with E-state index in [0.29, 0.717) is 11.3 Å². The van der Waals surface area contributed by atoms with E-state index in [1.807, 2.05) is 0 Å². The fraction of sp³-hybridized carbons (Fsp3) is 0.0667. The normalized spacial score (nSPS) is 10.8. The van der Waals surface area contributed by atoms with E-state index in [1.165, 1.54) is 25.3 Å². The average molecular weight is 287 g/mol. The molecule has 0 aliphatic heterocycles. The molecule has 0 radical (unpaired) electrons. The molecule has 1 N–H and O–H groups in total. The van der Waals surface area contributed by atoms with Crippen LogP contribution in [0.3, 0.4) is 0 Å². The standard InChI is InChI=1S/C15H10FNO4/c1-20-8-5-6-9(11(16)7-8)14-17-13-10(15(18)19)3-2-4-12(13)21-14/h2-7H,1H3,(H,18,19). The van der Waals surface area contributed by atoms with Crippen LogP contribution in [-0.2, 0) is 0 Å². The molecule has 0 unspecified atom stereocenters. The van der Waals surface area contributed by atoms with Crippen molar-refractivity contribution >= 4 is 17.1 Å². The quantitative estimate of drug-likeness (QED) is 0.799. The topological polar surface area (TPSA) is 72.6 Å². The number of methoxy groups -OCH3 is 1. The molecule has 6 heteroatoms. The van der Waals surface area contributed by atoms with Gasteiger partial charge in [0.25, 0.3) is 0 Å². The molecule has 1 heterocycles. The van der Waals surface area contributed by atoms with Crippen LogP contribution in [0.5, 0.6) is 5.75 Å². The summed E-state index contributed by atoms with van der Waals surface area (Å²) in [5.41, 5.74) is 0.634. The first-order valence-electron chi connectivity index (χ1n) is 6.07. The van der Waals surface area contributed by atoms with E-state index in [0.717, 1.165) is 0 Å². The Hall–Kier alpha value is -2.89. The van der Waals surface area contributed by atoms with Gasteiger partial charge in [0, 0.05) is 6.07 Å². The van der Waals surface area contributed by atoms with E-state index in [9.17, 15) is 9.18 Å². The zero-order valence-electron chi connectivity index (χ0n) is 11.0. The summed E-state index contributed by atoms with van der Waals surface area (Å²) in [6, 6.07) is 8.80. The number of rotatable bonds is 3. The van der Waals surface area contributed by atoms with E-state index in [4.69, 9.17) is 14.3 Å². The number of oxazole rings is 1. The minimum Gasteiger partial charge on any atom is -0.497 e. The number of para-hydroxylation sites is 1. The highest BCUT2D eigenvalue weighted by molar-refractivity contribution is 6.00. The smallest absolute Gasteiger partial charge is 0.338 e. The van der Waals surface area contributed by atoms with Gasteiger partial charge in [-0.15, -0.1) is 0 Å². The molecule has 0 aliphatic rings. The first kappa shape index (κ1) is 13.1. The monoisotopic (exact) mass is 287 g/mol. The van der Waals surface area contributed by atoms with Crippen molar-refractivity contribution in [1.82, 2.24) is 4.98 Å². The van der Waals surface area contributed by atoms with E-state index >= 15 is 0 Å². The summed E-state index contributed by atoms with van der Waals surface area (Å²) < 4.78 is 24.4. The molecule has 3 aromatic rings. The van der Waals surface area contributed by atoms with Crippen molar-refractivity contribution < 1.29 is 23.4 Å². The van der Waals surface area contributed by atoms with Gasteiger partial charge in [-0.1, -0.05) is 6.07 Å². The minimum atomic E-state index is -1.12. The van der Waals surface area contributed by atoms with Gasteiger partial charge in [0.2, 0.25) is 5.89 Å². The van der Waals surface area contributed by atoms with Crippen LogP contribution in [0.4, 0.5) is 4.39 Å². The lowest BCUT2D eigenvalue weighted by Crippen LogP contribution is -1.96. The third-order valence-corrected chi connectivity index (χ3v) is 3.06. The first-order chi connectivity index (χ1) is 10.1. The third-order valence-electron chi connectivity index (χ3n) is 3.06. The number of carboxylic acid groups (broad SMARTS) is 1. The Morgan fingerprint density at radius 3 is 2.81 bits per heavy atom. The minimum absolute atomic E-state index is 0.0106. The number of carboxylic acids is 1. The summed E-state index contributed by atoms with van der Waals surface area (Å²) in [7, 11) is 1.44. The molecule has 0 spiro atoms. The largest absolute Gasteiger partial charge is 0.497 e. The number of hydrogen-bond acceptors (Lipinski definition) is 4. The van der Waals surface area contributed by atoms with Crippen molar-refractivity contribution in [3.05, 3.63) is 47.8 Å². The second kappa shape index (κ2) is 4.90. The molecule has 2 aromatic carbocycles. The number of nitrogens with zero attached hydrogens (tertiary/aromatic N) is 1. The van der Waals surface area contributed by atoms with Crippen molar-refractivity contribution in [1.29, 1.82) is 0 Å². The molecule has 1 aromatic heterocycles. The Morgan fingerprint density at radius 1 is 1.33 bits per heavy atom. The van der Waals surface area contributed by atoms with Crippen molar-refractivity contribution in [3.8, 4) is 17.2 Å². The van der Waals surface area contributed by atoms with E-state index in [2.05, 4.69) is 4.98 Å². The van der Waals surface area contributed by atoms with Crippen LogP contribution in [0.2, 0.25) is 0 Å². The molecular weight excluding hydrogens is 277 g/mol. The number of ether oxygens (including phenoxy) is 1. The Bertz CT molecular complexity index is 841. The average Bonchev–Trinajstić information content (AvgIpc) is 2.90. The molecule has 0 saturated heterocycles. The third kappa shape index (κ3) is 2.20. The van der Waals surface area contributed by atoms with Gasteiger partial charge >= 0.3 is 5.97 Å². The van der Waals surface area contributed by atoms with Crippen molar-refractivity contribution in [3.63, 3.8) is 0 Å². The predicted octanol–water partition coefficient (Wildman–Crippen LogP) is 3.34. The van der Waals surface area contributed by atoms with E-state index in [-0.39, 0.29) is 22.5 Å². The van der Waals surface area contributed by atoms with Crippen molar-refractivity contribution in [2.24, 2.45) is 0 Å². The van der Waals surface area contributed by atoms with Crippen LogP contribution >= 0.6 is 0 Å². The van der Waals surface area contributed by atoms with Crippen LogP contribution in [0.25, 0.3) is 22.6 Å². The van der Waals surface area contributed by atoms with Crippen LogP contribution in [-0.4, -0.2) is 23.2 Å². The van der Waals surface area contributed by atoms with Gasteiger partial charge < -0.3 is 14.3 Å². The maximum Gasteiger partial charge on any atom is 0.338 e. The van der Waals surface area contributed by atoms with E-state index < -0.39 is 11.8 Å². The Kier molecular flexibility index (Phi) is 3.06. The number of halogens is 1. The maximum absolute atomic E-state index is 14.0. The molecule has 0 bridgehead atoms. The zero-order chi connectivity index (χ0) is 15.0. The van der Waals surface area contributed by atoms with Gasteiger partial charge in [0.1, 0.15) is 17.1 Å². The van der Waals surface area contributed by atoms with Gasteiger partial charge in [0.05, 0.1) is 18.2 Å². The number of aromatic carboxylic acids is 1. The second-order valence-electron chi connectivity index (χ2n) is 4.32. The van der Waals surface area contributed by atoms with Crippen LogP contribution < -0.4 is 4.74 Å². The molecule has 3 rings (SSSR count). The summed E-state index contributed by atoms with van der Waals surface area (Å²) in [5.74, 6) is -1.27. The predicted molar refractivity (Wildman–Crippen MR) is 72.9 cm³/mol. The van der Waals surface area contributed by atoms with Crippen molar-refractivity contribution in [2.45, 2.75) is 0 Å². The summed E-state index contributed by atoms with van der Waals surface area (Å²) in [6.07, 6.45) is 0. The number of fused-ring (bicyclic) bond motifs is 1. The molecule has 0 fully saturated rings. The van der Waals surface area contributed by atoms with Gasteiger partial charge in [-0.05, 0) is 24.3 Å². The number of aromatic nitrogens is 1. The lowest BCUT2D eigenvalue weighted by molar-refractivity contribution is 0.0699. The molecule has 0 amide bonds. The fourth-order valence-electron chi connectivity index (χ4n) is 2.03. The number of benzene rings is 2. The summed E-state index contributed by atoms with van der Waals surface area (Å²) in [6.45, 7) is 0. The molecule has 21 heavy (non-hydrogen) atoms. The van der Waals surface area contributed by atoms with E-state index in [1.54, 1.807) is 18.2 Å². The second-order valence-corrected chi connectivity index (χ2v) is 4.32. The van der Waals surface area contributed by atoms with Gasteiger partial charge in [-0.2, -0.15) is 0 Å². The lowest BCUT2D eigenvalue weighted by atomic mass is 10.2. The SMILES string of the molecule is COc1ccc(-c2nc3c(C(=O)O)cccc3o2)c(F)c1. The van der Waals surface area contributed by atoms with Crippen LogP contribution in [0.1, 0.15) is 10.4 Å². The zero-order valence-corrected chi connectivity index (χ0v) is 11.0. The summed E-state index contributed by atoms with van der Waals surface area (Å²) >= 11 is 0. The van der Waals surface area contributed by atoms with Crippen molar-refractivity contribution in [2.75, 3.05) is 7.11 Å². The van der Waals surface area contributed by atoms with Crippen LogP contribution in [0, 0.1) is 5.82 Å². The highest BCUT2D eigenvalue weighted by Gasteiger charge is 2.17. The highest BCUT2D eigenvalue weighted by atomic mass is 19.1. The maximum atomic E-state index is 14.0.